The maximum Gasteiger partial charge on any atom is 0.222 e. The monoisotopic (exact) mass is 328 g/mol. The number of amides is 1. The van der Waals surface area contributed by atoms with Crippen LogP contribution in [0.25, 0.3) is 11.1 Å². The van der Waals surface area contributed by atoms with E-state index in [-0.39, 0.29) is 18.4 Å². The van der Waals surface area contributed by atoms with Crippen molar-refractivity contribution in [1.82, 2.24) is 5.32 Å². The molecule has 2 rings (SSSR count). The minimum atomic E-state index is -0.246. The first-order valence-electron chi connectivity index (χ1n) is 8.01. The minimum Gasteiger partial charge on any atom is -0.491 e. The molecule has 0 heterocycles. The highest BCUT2D eigenvalue weighted by Gasteiger charge is 2.11. The van der Waals surface area contributed by atoms with Crippen LogP contribution in [-0.2, 0) is 9.53 Å². The lowest BCUT2D eigenvalue weighted by Gasteiger charge is -2.14. The summed E-state index contributed by atoms with van der Waals surface area (Å²) in [5.74, 6) is 0.710. The Kier molecular flexibility index (Phi) is 7.26. The first-order chi connectivity index (χ1) is 11.7. The molecule has 0 aliphatic carbocycles. The van der Waals surface area contributed by atoms with E-state index in [1.165, 1.54) is 0 Å². The first-order valence-corrected chi connectivity index (χ1v) is 8.01. The Morgan fingerprint density at radius 1 is 1.12 bits per heavy atom. The number of rotatable bonds is 9. The molecule has 2 aromatic rings. The average molecular weight is 328 g/mol. The fourth-order valence-electron chi connectivity index (χ4n) is 2.34. The molecule has 0 fully saturated rings. The number of nitrogens with two attached hydrogens (primary N) is 1. The van der Waals surface area contributed by atoms with Crippen LogP contribution in [0.3, 0.4) is 0 Å². The number of nitrogens with one attached hydrogen (secondary N) is 1. The van der Waals surface area contributed by atoms with E-state index < -0.39 is 0 Å². The molecule has 0 spiro atoms. The van der Waals surface area contributed by atoms with Gasteiger partial charge in [0.1, 0.15) is 12.4 Å². The molecule has 3 N–H and O–H groups in total. The van der Waals surface area contributed by atoms with Gasteiger partial charge in [-0.3, -0.25) is 4.79 Å². The highest BCUT2D eigenvalue weighted by Crippen LogP contribution is 2.29. The van der Waals surface area contributed by atoms with Crippen LogP contribution in [0, 0.1) is 0 Å². The third-order valence-corrected chi connectivity index (χ3v) is 3.66. The SMILES string of the molecule is COC(CN)CC(=O)NCCOc1ccccc1-c1ccccc1. The average Bonchev–Trinajstić information content (AvgIpc) is 2.64. The Labute approximate surface area is 142 Å². The van der Waals surface area contributed by atoms with E-state index in [1.807, 2.05) is 54.6 Å². The van der Waals surface area contributed by atoms with Crippen LogP contribution in [0.2, 0.25) is 0 Å². The summed E-state index contributed by atoms with van der Waals surface area (Å²) in [7, 11) is 1.55. The van der Waals surface area contributed by atoms with Crippen LogP contribution < -0.4 is 15.8 Å². The highest BCUT2D eigenvalue weighted by atomic mass is 16.5. The van der Waals surface area contributed by atoms with Crippen LogP contribution in [0.5, 0.6) is 5.75 Å². The number of carbonyl (C=O) groups is 1. The molecule has 0 aromatic heterocycles. The summed E-state index contributed by atoms with van der Waals surface area (Å²) < 4.78 is 10.9. The van der Waals surface area contributed by atoms with Gasteiger partial charge in [0.2, 0.25) is 5.91 Å². The van der Waals surface area contributed by atoms with Crippen molar-refractivity contribution in [3.8, 4) is 16.9 Å². The van der Waals surface area contributed by atoms with Gasteiger partial charge >= 0.3 is 0 Å². The third kappa shape index (κ3) is 5.37. The number of methoxy groups -OCH3 is 1. The van der Waals surface area contributed by atoms with Crippen molar-refractivity contribution < 1.29 is 14.3 Å². The summed E-state index contributed by atoms with van der Waals surface area (Å²) in [6, 6.07) is 17.9. The van der Waals surface area contributed by atoms with E-state index in [9.17, 15) is 4.79 Å². The van der Waals surface area contributed by atoms with Crippen molar-refractivity contribution in [3.05, 3.63) is 54.6 Å². The molecule has 0 bridgehead atoms. The van der Waals surface area contributed by atoms with Gasteiger partial charge in [-0.25, -0.2) is 0 Å². The summed E-state index contributed by atoms with van der Waals surface area (Å²) in [6.45, 7) is 1.16. The van der Waals surface area contributed by atoms with Gasteiger partial charge < -0.3 is 20.5 Å². The second-order valence-electron chi connectivity index (χ2n) is 5.36. The lowest BCUT2D eigenvalue weighted by Crippen LogP contribution is -2.34. The number of para-hydroxylation sites is 1. The molecule has 0 aliphatic rings. The zero-order valence-electron chi connectivity index (χ0n) is 13.9. The van der Waals surface area contributed by atoms with E-state index >= 15 is 0 Å². The van der Waals surface area contributed by atoms with Crippen LogP contribution in [-0.4, -0.2) is 38.8 Å². The number of benzene rings is 2. The van der Waals surface area contributed by atoms with E-state index in [0.29, 0.717) is 19.7 Å². The van der Waals surface area contributed by atoms with Gasteiger partial charge in [-0.15, -0.1) is 0 Å². The molecule has 2 aromatic carbocycles. The van der Waals surface area contributed by atoms with Crippen molar-refractivity contribution in [1.29, 1.82) is 0 Å². The van der Waals surface area contributed by atoms with E-state index in [4.69, 9.17) is 15.2 Å². The molecule has 128 valence electrons. The van der Waals surface area contributed by atoms with Crippen molar-refractivity contribution in [2.45, 2.75) is 12.5 Å². The summed E-state index contributed by atoms with van der Waals surface area (Å²) in [5, 5.41) is 2.81. The Morgan fingerprint density at radius 2 is 1.83 bits per heavy atom. The summed E-state index contributed by atoms with van der Waals surface area (Å²) in [5.41, 5.74) is 7.64. The van der Waals surface area contributed by atoms with Gasteiger partial charge in [-0.1, -0.05) is 48.5 Å². The Morgan fingerprint density at radius 3 is 2.54 bits per heavy atom. The van der Waals surface area contributed by atoms with Crippen LogP contribution in [0.1, 0.15) is 6.42 Å². The fourth-order valence-corrected chi connectivity index (χ4v) is 2.34. The molecule has 0 aliphatic heterocycles. The Balaban J connectivity index is 1.84. The largest absolute Gasteiger partial charge is 0.491 e. The lowest BCUT2D eigenvalue weighted by molar-refractivity contribution is -0.123. The quantitative estimate of drug-likeness (QED) is 0.692. The Bertz CT molecular complexity index is 628. The van der Waals surface area contributed by atoms with Crippen LogP contribution >= 0.6 is 0 Å². The van der Waals surface area contributed by atoms with Crippen molar-refractivity contribution in [3.63, 3.8) is 0 Å². The van der Waals surface area contributed by atoms with Gasteiger partial charge in [0.15, 0.2) is 0 Å². The summed E-state index contributed by atoms with van der Waals surface area (Å²) in [6.07, 6.45) is 0.0119. The normalized spacial score (nSPS) is 11.8. The number of hydrogen-bond donors (Lipinski definition) is 2. The van der Waals surface area contributed by atoms with E-state index in [1.54, 1.807) is 7.11 Å². The predicted octanol–water partition coefficient (Wildman–Crippen LogP) is 2.21. The smallest absolute Gasteiger partial charge is 0.222 e. The van der Waals surface area contributed by atoms with Crippen LogP contribution in [0.15, 0.2) is 54.6 Å². The molecule has 1 unspecified atom stereocenters. The van der Waals surface area contributed by atoms with E-state index in [0.717, 1.165) is 16.9 Å². The molecule has 0 radical (unpaired) electrons. The van der Waals surface area contributed by atoms with E-state index in [2.05, 4.69) is 5.32 Å². The molecule has 5 nitrogen and oxygen atoms in total. The van der Waals surface area contributed by atoms with Gasteiger partial charge in [-0.05, 0) is 11.6 Å². The van der Waals surface area contributed by atoms with Crippen molar-refractivity contribution in [2.75, 3.05) is 26.8 Å². The van der Waals surface area contributed by atoms with Gasteiger partial charge in [0, 0.05) is 19.2 Å². The lowest BCUT2D eigenvalue weighted by atomic mass is 10.1. The molecule has 1 amide bonds. The number of hydrogen-bond acceptors (Lipinski definition) is 4. The molecule has 0 saturated carbocycles. The molecule has 5 heteroatoms. The Hall–Kier alpha value is -2.37. The maximum absolute atomic E-state index is 11.8. The zero-order chi connectivity index (χ0) is 17.2. The fraction of sp³-hybridized carbons (Fsp3) is 0.316. The molecule has 0 saturated heterocycles. The predicted molar refractivity (Wildman–Crippen MR) is 94.9 cm³/mol. The standard InChI is InChI=1S/C19H24N2O3/c1-23-16(14-20)13-19(22)21-11-12-24-18-10-6-5-9-17(18)15-7-3-2-4-8-15/h2-10,16H,11-14,20H2,1H3,(H,21,22). The second kappa shape index (κ2) is 9.70. The molecular formula is C19H24N2O3. The highest BCUT2D eigenvalue weighted by molar-refractivity contribution is 5.76. The maximum atomic E-state index is 11.8. The second-order valence-corrected chi connectivity index (χ2v) is 5.36. The van der Waals surface area contributed by atoms with Crippen LogP contribution in [0.4, 0.5) is 0 Å². The van der Waals surface area contributed by atoms with Gasteiger partial charge in [0.05, 0.1) is 19.1 Å². The molecular weight excluding hydrogens is 304 g/mol. The topological polar surface area (TPSA) is 73.6 Å². The van der Waals surface area contributed by atoms with Crippen molar-refractivity contribution >= 4 is 5.91 Å². The summed E-state index contributed by atoms with van der Waals surface area (Å²) >= 11 is 0. The zero-order valence-corrected chi connectivity index (χ0v) is 13.9. The third-order valence-electron chi connectivity index (χ3n) is 3.66. The van der Waals surface area contributed by atoms with Gasteiger partial charge in [-0.2, -0.15) is 0 Å². The number of ether oxygens (including phenoxy) is 2. The molecule has 24 heavy (non-hydrogen) atoms. The number of carbonyl (C=O) groups excluding carboxylic acids is 1. The molecule has 1 atom stereocenters. The summed E-state index contributed by atoms with van der Waals surface area (Å²) in [4.78, 5) is 11.8. The van der Waals surface area contributed by atoms with Gasteiger partial charge in [0.25, 0.3) is 0 Å². The first kappa shape index (κ1) is 18.0. The van der Waals surface area contributed by atoms with Crippen molar-refractivity contribution in [2.24, 2.45) is 5.73 Å². The minimum absolute atomic E-state index is 0.0905.